The van der Waals surface area contributed by atoms with Crippen molar-refractivity contribution >= 4 is 47.0 Å². The number of nitrogen functional groups attached to an aromatic ring is 1. The summed E-state index contributed by atoms with van der Waals surface area (Å²) < 4.78 is 4.55. The zero-order chi connectivity index (χ0) is 16.1. The van der Waals surface area contributed by atoms with Crippen LogP contribution < -0.4 is 10.6 Å². The number of ether oxygens (including phenoxy) is 1. The van der Waals surface area contributed by atoms with Gasteiger partial charge in [0.1, 0.15) is 5.84 Å². The van der Waals surface area contributed by atoms with Crippen LogP contribution >= 0.6 is 24.2 Å². The van der Waals surface area contributed by atoms with Crippen LogP contribution in [0.2, 0.25) is 0 Å². The van der Waals surface area contributed by atoms with Crippen LogP contribution in [0.15, 0.2) is 24.3 Å². The number of hydrogen-bond donors (Lipinski definition) is 2. The Morgan fingerprint density at radius 2 is 2.00 bits per heavy atom. The Morgan fingerprint density at radius 1 is 1.35 bits per heavy atom. The maximum atomic E-state index is 12.3. The molecule has 0 spiro atoms. The largest absolute Gasteiger partial charge is 0.461 e. The number of amides is 2. The fraction of sp³-hybridized carbons (Fsp3) is 0.357. The van der Waals surface area contributed by atoms with Crippen molar-refractivity contribution in [3.63, 3.8) is 0 Å². The summed E-state index contributed by atoms with van der Waals surface area (Å²) in [5.41, 5.74) is 6.81. The molecule has 1 aliphatic heterocycles. The maximum absolute atomic E-state index is 12.3. The van der Waals surface area contributed by atoms with Crippen molar-refractivity contribution in [1.82, 2.24) is 4.90 Å². The number of rotatable bonds is 5. The third-order valence-electron chi connectivity index (χ3n) is 3.33. The molecule has 1 aromatic rings. The van der Waals surface area contributed by atoms with Crippen LogP contribution in [0.1, 0.15) is 5.56 Å². The van der Waals surface area contributed by atoms with E-state index in [0.29, 0.717) is 31.0 Å². The fourth-order valence-corrected chi connectivity index (χ4v) is 2.74. The molecule has 7 nitrogen and oxygen atoms in total. The van der Waals surface area contributed by atoms with Crippen LogP contribution in [0.4, 0.5) is 15.3 Å². The third kappa shape index (κ3) is 4.77. The molecule has 1 aromatic carbocycles. The van der Waals surface area contributed by atoms with Gasteiger partial charge < -0.3 is 15.4 Å². The van der Waals surface area contributed by atoms with Crippen LogP contribution in [0.3, 0.4) is 0 Å². The Balaban J connectivity index is 0.00000264. The van der Waals surface area contributed by atoms with E-state index in [0.717, 1.165) is 17.4 Å². The zero-order valence-electron chi connectivity index (χ0n) is 12.7. The number of anilines is 1. The van der Waals surface area contributed by atoms with Crippen LogP contribution in [-0.2, 0) is 4.74 Å². The van der Waals surface area contributed by atoms with Gasteiger partial charge in [0.25, 0.3) is 0 Å². The van der Waals surface area contributed by atoms with Gasteiger partial charge in [0.2, 0.25) is 0 Å². The van der Waals surface area contributed by atoms with E-state index >= 15 is 0 Å². The Labute approximate surface area is 145 Å². The van der Waals surface area contributed by atoms with Crippen LogP contribution in [-0.4, -0.2) is 54.6 Å². The van der Waals surface area contributed by atoms with Crippen LogP contribution in [0, 0.1) is 5.41 Å². The number of halogens is 1. The SMILES string of the molecule is COC(=O)SCCN1CCN(c2ccc(C(=N)N)cc2)C1=O.Cl. The predicted octanol–water partition coefficient (Wildman–Crippen LogP) is 2.13. The molecular weight excluding hydrogens is 340 g/mol. The summed E-state index contributed by atoms with van der Waals surface area (Å²) in [6, 6.07) is 6.92. The van der Waals surface area contributed by atoms with Crippen LogP contribution in [0.25, 0.3) is 0 Å². The van der Waals surface area contributed by atoms with Crippen molar-refractivity contribution in [3.05, 3.63) is 29.8 Å². The molecule has 126 valence electrons. The third-order valence-corrected chi connectivity index (χ3v) is 4.12. The molecule has 1 fully saturated rings. The molecule has 23 heavy (non-hydrogen) atoms. The van der Waals surface area contributed by atoms with Gasteiger partial charge in [-0.05, 0) is 36.0 Å². The zero-order valence-corrected chi connectivity index (χ0v) is 14.3. The predicted molar refractivity (Wildman–Crippen MR) is 93.9 cm³/mol. The van der Waals surface area contributed by atoms with Gasteiger partial charge in [-0.2, -0.15) is 0 Å². The highest BCUT2D eigenvalue weighted by Crippen LogP contribution is 2.21. The second-order valence-electron chi connectivity index (χ2n) is 4.68. The molecule has 0 unspecified atom stereocenters. The molecule has 2 amide bonds. The van der Waals surface area contributed by atoms with Gasteiger partial charge >= 0.3 is 11.3 Å². The molecule has 0 radical (unpaired) electrons. The quantitative estimate of drug-likeness (QED) is 0.477. The number of carbonyl (C=O) groups excluding carboxylic acids is 2. The summed E-state index contributed by atoms with van der Waals surface area (Å²) >= 11 is 1.06. The summed E-state index contributed by atoms with van der Waals surface area (Å²) in [4.78, 5) is 26.7. The van der Waals surface area contributed by atoms with Gasteiger partial charge in [0, 0.05) is 36.6 Å². The number of thioether (sulfide) groups is 1. The number of nitrogens with two attached hydrogens (primary N) is 1. The van der Waals surface area contributed by atoms with E-state index in [-0.39, 0.29) is 29.6 Å². The molecule has 0 atom stereocenters. The lowest BCUT2D eigenvalue weighted by Gasteiger charge is -2.18. The normalized spacial score (nSPS) is 13.7. The number of amidine groups is 1. The second kappa shape index (κ2) is 8.64. The summed E-state index contributed by atoms with van der Waals surface area (Å²) in [7, 11) is 1.34. The number of nitrogens with one attached hydrogen (secondary N) is 1. The Bertz CT molecular complexity index is 582. The first-order chi connectivity index (χ1) is 10.5. The highest BCUT2D eigenvalue weighted by molar-refractivity contribution is 8.13. The Kier molecular flexibility index (Phi) is 7.18. The molecular formula is C14H19ClN4O3S. The monoisotopic (exact) mass is 358 g/mol. The summed E-state index contributed by atoms with van der Waals surface area (Å²) in [6.07, 6.45) is 0. The minimum atomic E-state index is -0.344. The van der Waals surface area contributed by atoms with E-state index in [1.165, 1.54) is 7.11 Å². The molecule has 3 N–H and O–H groups in total. The molecule has 1 saturated heterocycles. The topological polar surface area (TPSA) is 99.7 Å². The maximum Gasteiger partial charge on any atom is 0.367 e. The summed E-state index contributed by atoms with van der Waals surface area (Å²) in [5.74, 6) is 0.510. The van der Waals surface area contributed by atoms with Crippen molar-refractivity contribution in [2.45, 2.75) is 0 Å². The fourth-order valence-electron chi connectivity index (χ4n) is 2.15. The second-order valence-corrected chi connectivity index (χ2v) is 5.71. The van der Waals surface area contributed by atoms with Crippen molar-refractivity contribution in [3.8, 4) is 0 Å². The van der Waals surface area contributed by atoms with E-state index in [2.05, 4.69) is 4.74 Å². The van der Waals surface area contributed by atoms with E-state index in [1.807, 2.05) is 0 Å². The molecule has 0 aromatic heterocycles. The minimum absolute atomic E-state index is 0. The van der Waals surface area contributed by atoms with Crippen molar-refractivity contribution in [2.75, 3.05) is 37.4 Å². The van der Waals surface area contributed by atoms with Gasteiger partial charge in [0.15, 0.2) is 0 Å². The number of urea groups is 1. The molecule has 0 saturated carbocycles. The Hall–Kier alpha value is -1.93. The lowest BCUT2D eigenvalue weighted by Crippen LogP contribution is -2.33. The highest BCUT2D eigenvalue weighted by Gasteiger charge is 2.29. The lowest BCUT2D eigenvalue weighted by atomic mass is 10.2. The first-order valence-corrected chi connectivity index (χ1v) is 7.73. The van der Waals surface area contributed by atoms with Crippen molar-refractivity contribution in [2.24, 2.45) is 5.73 Å². The van der Waals surface area contributed by atoms with Gasteiger partial charge in [0.05, 0.1) is 7.11 Å². The van der Waals surface area contributed by atoms with E-state index < -0.39 is 0 Å². The van der Waals surface area contributed by atoms with Crippen molar-refractivity contribution in [1.29, 1.82) is 5.41 Å². The molecule has 1 heterocycles. The molecule has 9 heteroatoms. The molecule has 0 aliphatic carbocycles. The average Bonchev–Trinajstić information content (AvgIpc) is 2.88. The standard InChI is InChI=1S/C14H18N4O3S.ClH/c1-21-14(20)22-9-8-17-6-7-18(13(17)19)11-4-2-10(3-5-11)12(15)16;/h2-5H,6-9H2,1H3,(H3,15,16);1H. The average molecular weight is 359 g/mol. The minimum Gasteiger partial charge on any atom is -0.461 e. The van der Waals surface area contributed by atoms with E-state index in [9.17, 15) is 9.59 Å². The number of benzene rings is 1. The van der Waals surface area contributed by atoms with E-state index in [1.54, 1.807) is 34.1 Å². The molecule has 2 rings (SSSR count). The van der Waals surface area contributed by atoms with Gasteiger partial charge in [-0.25, -0.2) is 9.59 Å². The summed E-state index contributed by atoms with van der Waals surface area (Å²) in [6.45, 7) is 1.72. The number of hydrogen-bond acceptors (Lipinski definition) is 5. The number of methoxy groups -OCH3 is 1. The van der Waals surface area contributed by atoms with E-state index in [4.69, 9.17) is 11.1 Å². The van der Waals surface area contributed by atoms with Gasteiger partial charge in [-0.15, -0.1) is 12.4 Å². The Morgan fingerprint density at radius 3 is 2.57 bits per heavy atom. The smallest absolute Gasteiger partial charge is 0.367 e. The number of nitrogens with zero attached hydrogens (tertiary/aromatic N) is 2. The molecule has 0 bridgehead atoms. The van der Waals surface area contributed by atoms with Crippen LogP contribution in [0.5, 0.6) is 0 Å². The van der Waals surface area contributed by atoms with Gasteiger partial charge in [-0.3, -0.25) is 10.3 Å². The first kappa shape index (κ1) is 19.1. The van der Waals surface area contributed by atoms with Crippen molar-refractivity contribution < 1.29 is 14.3 Å². The molecule has 1 aliphatic rings. The number of carbonyl (C=O) groups is 2. The first-order valence-electron chi connectivity index (χ1n) is 6.74. The van der Waals surface area contributed by atoms with Gasteiger partial charge in [-0.1, -0.05) is 0 Å². The lowest BCUT2D eigenvalue weighted by molar-refractivity contribution is 0.200. The highest BCUT2D eigenvalue weighted by atomic mass is 35.5. The summed E-state index contributed by atoms with van der Waals surface area (Å²) in [5, 5.41) is 7.02.